The molecule has 1 aliphatic carbocycles. The van der Waals surface area contributed by atoms with Crippen LogP contribution in [0.25, 0.3) is 6.08 Å². The average Bonchev–Trinajstić information content (AvgIpc) is 3.19. The van der Waals surface area contributed by atoms with E-state index in [1.807, 2.05) is 18.2 Å². The normalized spacial score (nSPS) is 14.5. The quantitative estimate of drug-likeness (QED) is 0.498. The molecular formula is C22H20Cl2N2O2. The van der Waals surface area contributed by atoms with Crippen molar-refractivity contribution in [3.05, 3.63) is 69.2 Å². The van der Waals surface area contributed by atoms with Gasteiger partial charge in [-0.05, 0) is 37.1 Å². The van der Waals surface area contributed by atoms with Gasteiger partial charge < -0.3 is 10.1 Å². The van der Waals surface area contributed by atoms with Gasteiger partial charge in [0.15, 0.2) is 0 Å². The highest BCUT2D eigenvalue weighted by Gasteiger charge is 2.19. The van der Waals surface area contributed by atoms with Gasteiger partial charge in [0.2, 0.25) is 0 Å². The first-order valence-electron chi connectivity index (χ1n) is 9.15. The van der Waals surface area contributed by atoms with Gasteiger partial charge in [-0.25, -0.2) is 0 Å². The number of hydrogen-bond donors (Lipinski definition) is 1. The van der Waals surface area contributed by atoms with Crippen molar-refractivity contribution >= 4 is 35.2 Å². The predicted molar refractivity (Wildman–Crippen MR) is 111 cm³/mol. The molecule has 1 N–H and O–H groups in total. The summed E-state index contributed by atoms with van der Waals surface area (Å²) in [4.78, 5) is 12.4. The highest BCUT2D eigenvalue weighted by Crippen LogP contribution is 2.26. The molecule has 0 unspecified atom stereocenters. The number of carbonyl (C=O) groups excluding carboxylic acids is 1. The molecule has 0 spiro atoms. The zero-order valence-corrected chi connectivity index (χ0v) is 16.8. The van der Waals surface area contributed by atoms with Gasteiger partial charge in [0.25, 0.3) is 5.91 Å². The summed E-state index contributed by atoms with van der Waals surface area (Å²) in [5.74, 6) is 0.222. The predicted octanol–water partition coefficient (Wildman–Crippen LogP) is 5.54. The van der Waals surface area contributed by atoms with E-state index in [9.17, 15) is 10.1 Å². The Bertz CT molecular complexity index is 928. The van der Waals surface area contributed by atoms with Gasteiger partial charge in [-0.1, -0.05) is 60.3 Å². The van der Waals surface area contributed by atoms with E-state index in [0.29, 0.717) is 21.4 Å². The molecule has 2 aromatic carbocycles. The molecule has 6 heteroatoms. The van der Waals surface area contributed by atoms with Crippen LogP contribution in [-0.2, 0) is 11.4 Å². The highest BCUT2D eigenvalue weighted by atomic mass is 35.5. The average molecular weight is 415 g/mol. The Morgan fingerprint density at radius 2 is 1.96 bits per heavy atom. The number of para-hydroxylation sites is 1. The van der Waals surface area contributed by atoms with Crippen molar-refractivity contribution < 1.29 is 9.53 Å². The second kappa shape index (κ2) is 9.64. The minimum Gasteiger partial charge on any atom is -0.488 e. The Morgan fingerprint density at radius 3 is 2.68 bits per heavy atom. The van der Waals surface area contributed by atoms with Gasteiger partial charge in [0.05, 0.1) is 0 Å². The van der Waals surface area contributed by atoms with Gasteiger partial charge in [-0.3, -0.25) is 4.79 Å². The smallest absolute Gasteiger partial charge is 0.262 e. The number of nitriles is 1. The molecule has 4 nitrogen and oxygen atoms in total. The Balaban J connectivity index is 1.75. The number of benzene rings is 2. The van der Waals surface area contributed by atoms with E-state index in [4.69, 9.17) is 27.9 Å². The lowest BCUT2D eigenvalue weighted by Crippen LogP contribution is -2.33. The number of nitrogens with one attached hydrogen (secondary N) is 1. The zero-order chi connectivity index (χ0) is 19.9. The van der Waals surface area contributed by atoms with Gasteiger partial charge >= 0.3 is 0 Å². The fraction of sp³-hybridized carbons (Fsp3) is 0.273. The molecule has 0 heterocycles. The molecule has 0 bridgehead atoms. The molecule has 0 saturated heterocycles. The fourth-order valence-corrected chi connectivity index (χ4v) is 3.63. The molecule has 0 radical (unpaired) electrons. The third-order valence-corrected chi connectivity index (χ3v) is 5.26. The first-order valence-corrected chi connectivity index (χ1v) is 9.91. The van der Waals surface area contributed by atoms with Crippen molar-refractivity contribution in [1.82, 2.24) is 5.32 Å². The van der Waals surface area contributed by atoms with Crippen molar-refractivity contribution in [2.75, 3.05) is 0 Å². The SMILES string of the molecule is N#C/C(=C\c1ccccc1OCc1ccc(Cl)cc1Cl)C(=O)NC1CCCC1. The van der Waals surface area contributed by atoms with E-state index in [0.717, 1.165) is 31.2 Å². The largest absolute Gasteiger partial charge is 0.488 e. The van der Waals surface area contributed by atoms with E-state index in [2.05, 4.69) is 5.32 Å². The molecular weight excluding hydrogens is 395 g/mol. The van der Waals surface area contributed by atoms with Crippen LogP contribution in [0.15, 0.2) is 48.0 Å². The monoisotopic (exact) mass is 414 g/mol. The van der Waals surface area contributed by atoms with Crippen LogP contribution < -0.4 is 10.1 Å². The van der Waals surface area contributed by atoms with Crippen LogP contribution in [0.5, 0.6) is 5.75 Å². The number of nitrogens with zero attached hydrogens (tertiary/aromatic N) is 1. The van der Waals surface area contributed by atoms with Gasteiger partial charge in [0, 0.05) is 27.2 Å². The van der Waals surface area contributed by atoms with E-state index >= 15 is 0 Å². The van der Waals surface area contributed by atoms with Crippen LogP contribution >= 0.6 is 23.2 Å². The second-order valence-electron chi connectivity index (χ2n) is 6.69. The molecule has 3 rings (SSSR count). The third kappa shape index (κ3) is 5.28. The van der Waals surface area contributed by atoms with Crippen LogP contribution in [0, 0.1) is 11.3 Å². The lowest BCUT2D eigenvalue weighted by atomic mass is 10.1. The number of hydrogen-bond acceptors (Lipinski definition) is 3. The summed E-state index contributed by atoms with van der Waals surface area (Å²) in [6.07, 6.45) is 5.71. The van der Waals surface area contributed by atoms with Crippen LogP contribution in [0.3, 0.4) is 0 Å². The lowest BCUT2D eigenvalue weighted by molar-refractivity contribution is -0.117. The fourth-order valence-electron chi connectivity index (χ4n) is 3.16. The van der Waals surface area contributed by atoms with Crippen LogP contribution in [0.1, 0.15) is 36.8 Å². The standard InChI is InChI=1S/C22H20Cl2N2O2/c23-18-10-9-16(20(24)12-18)14-28-21-8-4-1-5-15(21)11-17(13-25)22(27)26-19-6-2-3-7-19/h1,4-5,8-12,19H,2-3,6-7,14H2,(H,26,27)/b17-11+. The van der Waals surface area contributed by atoms with Gasteiger partial charge in [-0.15, -0.1) is 0 Å². The molecule has 2 aromatic rings. The van der Waals surface area contributed by atoms with E-state index in [1.165, 1.54) is 0 Å². The molecule has 0 atom stereocenters. The van der Waals surface area contributed by atoms with Crippen molar-refractivity contribution in [3.8, 4) is 11.8 Å². The van der Waals surface area contributed by atoms with Crippen molar-refractivity contribution in [1.29, 1.82) is 5.26 Å². The van der Waals surface area contributed by atoms with E-state index in [-0.39, 0.29) is 24.1 Å². The number of carbonyl (C=O) groups is 1. The van der Waals surface area contributed by atoms with Gasteiger partial charge in [0.1, 0.15) is 24.0 Å². The molecule has 1 amide bonds. The van der Waals surface area contributed by atoms with Crippen LogP contribution in [0.4, 0.5) is 0 Å². The minimum absolute atomic E-state index is 0.0625. The number of amides is 1. The zero-order valence-electron chi connectivity index (χ0n) is 15.3. The van der Waals surface area contributed by atoms with Crippen molar-refractivity contribution in [2.24, 2.45) is 0 Å². The number of rotatable bonds is 6. The first-order chi connectivity index (χ1) is 13.6. The van der Waals surface area contributed by atoms with E-state index in [1.54, 1.807) is 36.4 Å². The molecule has 1 fully saturated rings. The first kappa shape index (κ1) is 20.3. The lowest BCUT2D eigenvalue weighted by Gasteiger charge is -2.12. The van der Waals surface area contributed by atoms with Crippen LogP contribution in [-0.4, -0.2) is 11.9 Å². The molecule has 28 heavy (non-hydrogen) atoms. The van der Waals surface area contributed by atoms with Crippen molar-refractivity contribution in [3.63, 3.8) is 0 Å². The summed E-state index contributed by atoms with van der Waals surface area (Å²) in [6.45, 7) is 0.247. The Labute approximate surface area is 174 Å². The topological polar surface area (TPSA) is 62.1 Å². The highest BCUT2D eigenvalue weighted by molar-refractivity contribution is 6.35. The number of halogens is 2. The maximum Gasteiger partial charge on any atom is 0.262 e. The maximum atomic E-state index is 12.4. The summed E-state index contributed by atoms with van der Waals surface area (Å²) in [7, 11) is 0. The summed E-state index contributed by atoms with van der Waals surface area (Å²) in [5.41, 5.74) is 1.52. The van der Waals surface area contributed by atoms with Crippen LogP contribution in [0.2, 0.25) is 10.0 Å². The Kier molecular flexibility index (Phi) is 6.97. The Hall–Kier alpha value is -2.48. The third-order valence-electron chi connectivity index (χ3n) is 4.67. The summed E-state index contributed by atoms with van der Waals surface area (Å²) < 4.78 is 5.89. The minimum atomic E-state index is -0.343. The summed E-state index contributed by atoms with van der Waals surface area (Å²) in [5, 5.41) is 13.5. The second-order valence-corrected chi connectivity index (χ2v) is 7.53. The summed E-state index contributed by atoms with van der Waals surface area (Å²) >= 11 is 12.1. The molecule has 144 valence electrons. The van der Waals surface area contributed by atoms with Crippen molar-refractivity contribution in [2.45, 2.75) is 38.3 Å². The van der Waals surface area contributed by atoms with Gasteiger partial charge in [-0.2, -0.15) is 5.26 Å². The maximum absolute atomic E-state index is 12.4. The summed E-state index contributed by atoms with van der Waals surface area (Å²) in [6, 6.07) is 14.6. The molecule has 0 aromatic heterocycles. The molecule has 1 aliphatic rings. The molecule has 0 aliphatic heterocycles. The number of ether oxygens (including phenoxy) is 1. The Morgan fingerprint density at radius 1 is 1.21 bits per heavy atom. The van der Waals surface area contributed by atoms with E-state index < -0.39 is 0 Å². The molecule has 1 saturated carbocycles.